The van der Waals surface area contributed by atoms with Crippen LogP contribution < -0.4 is 5.32 Å². The van der Waals surface area contributed by atoms with Gasteiger partial charge < -0.3 is 10.4 Å². The van der Waals surface area contributed by atoms with Gasteiger partial charge in [-0.2, -0.15) is 13.2 Å². The van der Waals surface area contributed by atoms with Crippen LogP contribution in [0.25, 0.3) is 0 Å². The lowest BCUT2D eigenvalue weighted by atomic mass is 10.1. The molecule has 0 aliphatic rings. The summed E-state index contributed by atoms with van der Waals surface area (Å²) in [6.07, 6.45) is -5.24. The molecule has 0 heterocycles. The number of hydrogen-bond acceptors (Lipinski definition) is 2. The van der Waals surface area contributed by atoms with E-state index >= 15 is 0 Å². The first kappa shape index (κ1) is 13.9. The van der Waals surface area contributed by atoms with E-state index in [0.717, 1.165) is 12.1 Å². The number of carboxylic acid groups (broad SMARTS) is 1. The molecular weight excluding hydrogens is 258 g/mol. The molecule has 1 amide bonds. The first-order chi connectivity index (χ1) is 8.23. The molecule has 0 saturated carbocycles. The zero-order valence-electron chi connectivity index (χ0n) is 8.66. The van der Waals surface area contributed by atoms with Gasteiger partial charge in [-0.1, -0.05) is 18.2 Å². The van der Waals surface area contributed by atoms with Gasteiger partial charge in [0.05, 0.1) is 0 Å². The molecular formula is C10H7F4NO3. The van der Waals surface area contributed by atoms with E-state index in [0.29, 0.717) is 0 Å². The molecule has 1 rings (SSSR count). The maximum atomic E-state index is 13.3. The quantitative estimate of drug-likeness (QED) is 0.816. The van der Waals surface area contributed by atoms with Crippen LogP contribution in [-0.4, -0.2) is 23.2 Å². The molecule has 8 heteroatoms. The third-order valence-corrected chi connectivity index (χ3v) is 2.00. The summed E-state index contributed by atoms with van der Waals surface area (Å²) in [5, 5.41) is 9.93. The van der Waals surface area contributed by atoms with Crippen LogP contribution in [0, 0.1) is 5.82 Å². The third kappa shape index (κ3) is 3.19. The van der Waals surface area contributed by atoms with Gasteiger partial charge in [-0.05, 0) is 6.07 Å². The number of aliphatic carboxylic acids is 1. The highest BCUT2D eigenvalue weighted by Gasteiger charge is 2.41. The number of carbonyl (C=O) groups excluding carboxylic acids is 1. The Balaban J connectivity index is 3.03. The highest BCUT2D eigenvalue weighted by molar-refractivity contribution is 5.87. The van der Waals surface area contributed by atoms with Gasteiger partial charge in [0.2, 0.25) is 0 Å². The number of carbonyl (C=O) groups is 2. The maximum absolute atomic E-state index is 13.3. The Bertz CT molecular complexity index is 472. The summed E-state index contributed by atoms with van der Waals surface area (Å²) in [5.74, 6) is -5.26. The standard InChI is InChI=1S/C10H7F4NO3/c11-6-4-2-1-3-5(6)7(8(16)17)15-9(18)10(12,13)14/h1-4,7H,(H,15,18)(H,16,17). The summed E-state index contributed by atoms with van der Waals surface area (Å²) >= 11 is 0. The molecule has 18 heavy (non-hydrogen) atoms. The van der Waals surface area contributed by atoms with E-state index in [-0.39, 0.29) is 0 Å². The van der Waals surface area contributed by atoms with Gasteiger partial charge in [-0.3, -0.25) is 4.79 Å². The van der Waals surface area contributed by atoms with Gasteiger partial charge in [0.15, 0.2) is 6.04 Å². The van der Waals surface area contributed by atoms with Crippen molar-refractivity contribution < 1.29 is 32.3 Å². The average molecular weight is 265 g/mol. The third-order valence-electron chi connectivity index (χ3n) is 2.00. The Morgan fingerprint density at radius 1 is 1.22 bits per heavy atom. The fourth-order valence-electron chi connectivity index (χ4n) is 1.19. The molecule has 98 valence electrons. The van der Waals surface area contributed by atoms with Gasteiger partial charge in [0.25, 0.3) is 0 Å². The second kappa shape index (κ2) is 5.03. The van der Waals surface area contributed by atoms with E-state index < -0.39 is 35.5 Å². The number of rotatable bonds is 3. The van der Waals surface area contributed by atoms with Crippen LogP contribution in [0.3, 0.4) is 0 Å². The first-order valence-corrected chi connectivity index (χ1v) is 4.58. The van der Waals surface area contributed by atoms with Crippen molar-refractivity contribution in [2.24, 2.45) is 0 Å². The Morgan fingerprint density at radius 3 is 2.22 bits per heavy atom. The second-order valence-corrected chi connectivity index (χ2v) is 3.26. The Hall–Kier alpha value is -2.12. The van der Waals surface area contributed by atoms with Crippen LogP contribution in [0.5, 0.6) is 0 Å². The Morgan fingerprint density at radius 2 is 1.78 bits per heavy atom. The predicted molar refractivity (Wildman–Crippen MR) is 51.0 cm³/mol. The summed E-state index contributed by atoms with van der Waals surface area (Å²) < 4.78 is 49.2. The minimum Gasteiger partial charge on any atom is -0.479 e. The Labute approximate surface area is 98.2 Å². The molecule has 0 aliphatic heterocycles. The molecule has 0 fully saturated rings. The highest BCUT2D eigenvalue weighted by atomic mass is 19.4. The van der Waals surface area contributed by atoms with Crippen molar-refractivity contribution in [3.63, 3.8) is 0 Å². The molecule has 1 unspecified atom stereocenters. The fraction of sp³-hybridized carbons (Fsp3) is 0.200. The molecule has 0 saturated heterocycles. The number of halogens is 4. The van der Waals surface area contributed by atoms with Gasteiger partial charge >= 0.3 is 18.1 Å². The Kier molecular flexibility index (Phi) is 3.89. The molecule has 0 radical (unpaired) electrons. The molecule has 1 aromatic carbocycles. The largest absolute Gasteiger partial charge is 0.479 e. The topological polar surface area (TPSA) is 66.4 Å². The zero-order chi connectivity index (χ0) is 13.9. The number of amides is 1. The summed E-state index contributed by atoms with van der Waals surface area (Å²) in [4.78, 5) is 21.4. The van der Waals surface area contributed by atoms with Gasteiger partial charge in [0.1, 0.15) is 5.82 Å². The van der Waals surface area contributed by atoms with Crippen molar-refractivity contribution >= 4 is 11.9 Å². The van der Waals surface area contributed by atoms with Crippen molar-refractivity contribution in [1.82, 2.24) is 5.32 Å². The zero-order valence-corrected chi connectivity index (χ0v) is 8.66. The van der Waals surface area contributed by atoms with Gasteiger partial charge in [-0.25, -0.2) is 9.18 Å². The molecule has 0 spiro atoms. The molecule has 0 aromatic heterocycles. The number of alkyl halides is 3. The number of carboxylic acids is 1. The molecule has 0 aliphatic carbocycles. The van der Waals surface area contributed by atoms with Crippen LogP contribution in [0.4, 0.5) is 17.6 Å². The number of hydrogen-bond donors (Lipinski definition) is 2. The van der Waals surface area contributed by atoms with E-state index in [4.69, 9.17) is 5.11 Å². The fourth-order valence-corrected chi connectivity index (χ4v) is 1.19. The van der Waals surface area contributed by atoms with Crippen LogP contribution in [-0.2, 0) is 9.59 Å². The number of nitrogens with one attached hydrogen (secondary N) is 1. The monoisotopic (exact) mass is 265 g/mol. The smallest absolute Gasteiger partial charge is 0.471 e. The second-order valence-electron chi connectivity index (χ2n) is 3.26. The minimum absolute atomic E-state index is 0.553. The SMILES string of the molecule is O=C(O)C(NC(=O)C(F)(F)F)c1ccccc1F. The first-order valence-electron chi connectivity index (χ1n) is 4.58. The van der Waals surface area contributed by atoms with E-state index in [1.165, 1.54) is 17.4 Å². The predicted octanol–water partition coefficient (Wildman–Crippen LogP) is 1.63. The average Bonchev–Trinajstić information content (AvgIpc) is 2.25. The van der Waals surface area contributed by atoms with Gasteiger partial charge in [-0.15, -0.1) is 0 Å². The van der Waals surface area contributed by atoms with Crippen LogP contribution in [0.15, 0.2) is 24.3 Å². The molecule has 0 bridgehead atoms. The maximum Gasteiger partial charge on any atom is 0.471 e. The van der Waals surface area contributed by atoms with E-state index in [1.54, 1.807) is 0 Å². The summed E-state index contributed by atoms with van der Waals surface area (Å²) in [7, 11) is 0. The highest BCUT2D eigenvalue weighted by Crippen LogP contribution is 2.20. The number of benzene rings is 1. The van der Waals surface area contributed by atoms with Crippen LogP contribution in [0.2, 0.25) is 0 Å². The van der Waals surface area contributed by atoms with Crippen LogP contribution in [0.1, 0.15) is 11.6 Å². The normalized spacial score (nSPS) is 12.9. The lowest BCUT2D eigenvalue weighted by Crippen LogP contribution is -2.42. The molecule has 4 nitrogen and oxygen atoms in total. The van der Waals surface area contributed by atoms with Gasteiger partial charge in [0, 0.05) is 5.56 Å². The lowest BCUT2D eigenvalue weighted by molar-refractivity contribution is -0.175. The van der Waals surface area contributed by atoms with Crippen molar-refractivity contribution in [2.45, 2.75) is 12.2 Å². The summed E-state index contributed by atoms with van der Waals surface area (Å²) in [5.41, 5.74) is -0.553. The van der Waals surface area contributed by atoms with Crippen molar-refractivity contribution in [3.8, 4) is 0 Å². The van der Waals surface area contributed by atoms with Crippen molar-refractivity contribution in [3.05, 3.63) is 35.6 Å². The summed E-state index contributed by atoms with van der Waals surface area (Å²) in [6, 6.07) is 2.24. The van der Waals surface area contributed by atoms with Crippen molar-refractivity contribution in [1.29, 1.82) is 0 Å². The molecule has 2 N–H and O–H groups in total. The van der Waals surface area contributed by atoms with E-state index in [2.05, 4.69) is 0 Å². The van der Waals surface area contributed by atoms with Crippen LogP contribution >= 0.6 is 0 Å². The summed E-state index contributed by atoms with van der Waals surface area (Å²) in [6.45, 7) is 0. The van der Waals surface area contributed by atoms with E-state index in [1.807, 2.05) is 0 Å². The minimum atomic E-state index is -5.24. The van der Waals surface area contributed by atoms with E-state index in [9.17, 15) is 27.2 Å². The lowest BCUT2D eigenvalue weighted by Gasteiger charge is -2.16. The molecule has 1 aromatic rings. The van der Waals surface area contributed by atoms with Crippen molar-refractivity contribution in [2.75, 3.05) is 0 Å². The molecule has 1 atom stereocenters.